The van der Waals surface area contributed by atoms with Crippen molar-refractivity contribution >= 4 is 40.0 Å². The summed E-state index contributed by atoms with van der Waals surface area (Å²) in [5, 5.41) is -1.06. The molecule has 0 aromatic heterocycles. The maximum absolute atomic E-state index is 10.2. The van der Waals surface area contributed by atoms with Crippen LogP contribution in [0, 0.1) is 0 Å². The van der Waals surface area contributed by atoms with Crippen molar-refractivity contribution in [2.75, 3.05) is 5.88 Å². The lowest BCUT2D eigenvalue weighted by molar-refractivity contribution is -0.111. The summed E-state index contributed by atoms with van der Waals surface area (Å²) >= 11 is 15.8. The van der Waals surface area contributed by atoms with Crippen LogP contribution < -0.4 is 0 Å². The van der Waals surface area contributed by atoms with Crippen LogP contribution in [-0.4, -0.2) is 16.5 Å². The third kappa shape index (κ3) is 5.01. The first-order valence-electron chi connectivity index (χ1n) is 2.58. The molecule has 0 aromatic rings. The maximum Gasteiger partial charge on any atom is 0.239 e. The van der Waals surface area contributed by atoms with E-state index in [4.69, 9.17) is 34.8 Å². The summed E-state index contributed by atoms with van der Waals surface area (Å²) in [6.45, 7) is 0. The van der Waals surface area contributed by atoms with Gasteiger partial charge in [-0.3, -0.25) is 4.79 Å². The fourth-order valence-corrected chi connectivity index (χ4v) is 0.788. The van der Waals surface area contributed by atoms with Crippen molar-refractivity contribution in [1.29, 1.82) is 0 Å². The standard InChI is InChI=1S/C5H7Cl3O/c6-3-1-2-4(7)5(8)9/h4H,1-3H2. The first kappa shape index (κ1) is 9.54. The molecule has 0 amide bonds. The second-order valence-corrected chi connectivity index (χ2v) is 2.88. The molecule has 1 atom stereocenters. The third-order valence-electron chi connectivity index (χ3n) is 0.837. The highest BCUT2D eigenvalue weighted by molar-refractivity contribution is 6.69. The average Bonchev–Trinajstić information content (AvgIpc) is 1.82. The van der Waals surface area contributed by atoms with Gasteiger partial charge in [0.15, 0.2) is 0 Å². The van der Waals surface area contributed by atoms with Gasteiger partial charge in [0.1, 0.15) is 5.38 Å². The highest BCUT2D eigenvalue weighted by Gasteiger charge is 2.10. The van der Waals surface area contributed by atoms with Crippen LogP contribution in [0.2, 0.25) is 0 Å². The highest BCUT2D eigenvalue weighted by atomic mass is 35.5. The molecule has 0 rings (SSSR count). The van der Waals surface area contributed by atoms with Crippen LogP contribution in [-0.2, 0) is 4.79 Å². The van der Waals surface area contributed by atoms with E-state index in [-0.39, 0.29) is 0 Å². The van der Waals surface area contributed by atoms with E-state index in [1.807, 2.05) is 0 Å². The maximum atomic E-state index is 10.2. The first-order chi connectivity index (χ1) is 4.18. The van der Waals surface area contributed by atoms with E-state index >= 15 is 0 Å². The lowest BCUT2D eigenvalue weighted by atomic mass is 10.3. The molecule has 0 bridgehead atoms. The largest absolute Gasteiger partial charge is 0.280 e. The molecule has 0 saturated heterocycles. The van der Waals surface area contributed by atoms with Crippen LogP contribution in [0.25, 0.3) is 0 Å². The Labute approximate surface area is 69.3 Å². The Morgan fingerprint density at radius 1 is 1.56 bits per heavy atom. The Morgan fingerprint density at radius 2 is 2.11 bits per heavy atom. The van der Waals surface area contributed by atoms with Crippen molar-refractivity contribution in [3.63, 3.8) is 0 Å². The third-order valence-corrected chi connectivity index (χ3v) is 1.90. The van der Waals surface area contributed by atoms with Crippen LogP contribution in [0.1, 0.15) is 12.8 Å². The van der Waals surface area contributed by atoms with Crippen molar-refractivity contribution in [3.05, 3.63) is 0 Å². The zero-order valence-corrected chi connectivity index (χ0v) is 7.01. The number of halogens is 3. The van der Waals surface area contributed by atoms with E-state index < -0.39 is 10.6 Å². The van der Waals surface area contributed by atoms with E-state index in [2.05, 4.69) is 0 Å². The van der Waals surface area contributed by atoms with Gasteiger partial charge in [-0.05, 0) is 24.4 Å². The molecule has 54 valence electrons. The molecule has 1 nitrogen and oxygen atoms in total. The van der Waals surface area contributed by atoms with Gasteiger partial charge >= 0.3 is 0 Å². The normalized spacial score (nSPS) is 13.2. The monoisotopic (exact) mass is 188 g/mol. The van der Waals surface area contributed by atoms with Crippen LogP contribution in [0.3, 0.4) is 0 Å². The van der Waals surface area contributed by atoms with Crippen LogP contribution in [0.4, 0.5) is 0 Å². The quantitative estimate of drug-likeness (QED) is 0.490. The van der Waals surface area contributed by atoms with Crippen LogP contribution in [0.15, 0.2) is 0 Å². The van der Waals surface area contributed by atoms with Crippen molar-refractivity contribution in [2.24, 2.45) is 0 Å². The average molecular weight is 189 g/mol. The van der Waals surface area contributed by atoms with E-state index in [9.17, 15) is 4.79 Å². The van der Waals surface area contributed by atoms with Crippen molar-refractivity contribution in [2.45, 2.75) is 18.2 Å². The van der Waals surface area contributed by atoms with E-state index in [0.29, 0.717) is 12.3 Å². The van der Waals surface area contributed by atoms with Gasteiger partial charge in [-0.25, -0.2) is 0 Å². The lowest BCUT2D eigenvalue weighted by Crippen LogP contribution is -2.07. The van der Waals surface area contributed by atoms with Crippen LogP contribution in [0.5, 0.6) is 0 Å². The Hall–Kier alpha value is 0.540. The molecule has 0 heterocycles. The number of hydrogen-bond donors (Lipinski definition) is 0. The molecule has 0 aliphatic heterocycles. The number of hydrogen-bond acceptors (Lipinski definition) is 1. The topological polar surface area (TPSA) is 17.1 Å². The van der Waals surface area contributed by atoms with Gasteiger partial charge in [-0.15, -0.1) is 23.2 Å². The van der Waals surface area contributed by atoms with Gasteiger partial charge < -0.3 is 0 Å². The minimum absolute atomic E-state index is 0.498. The SMILES string of the molecule is O=C(Cl)C(Cl)CCCCl. The molecule has 0 N–H and O–H groups in total. The highest BCUT2D eigenvalue weighted by Crippen LogP contribution is 2.08. The molecule has 9 heavy (non-hydrogen) atoms. The molecule has 0 spiro atoms. The van der Waals surface area contributed by atoms with Gasteiger partial charge in [0.05, 0.1) is 0 Å². The van der Waals surface area contributed by atoms with Crippen molar-refractivity contribution in [1.82, 2.24) is 0 Å². The molecular weight excluding hydrogens is 182 g/mol. The number of carbonyl (C=O) groups is 1. The Kier molecular flexibility index (Phi) is 5.65. The van der Waals surface area contributed by atoms with Crippen molar-refractivity contribution < 1.29 is 4.79 Å². The summed E-state index contributed by atoms with van der Waals surface area (Å²) in [6.07, 6.45) is 1.29. The van der Waals surface area contributed by atoms with Gasteiger partial charge in [0.25, 0.3) is 0 Å². The van der Waals surface area contributed by atoms with Gasteiger partial charge in [0.2, 0.25) is 5.24 Å². The van der Waals surface area contributed by atoms with Gasteiger partial charge in [-0.1, -0.05) is 0 Å². The predicted octanol–water partition coefficient (Wildman–Crippen LogP) is 2.38. The Balaban J connectivity index is 3.27. The lowest BCUT2D eigenvalue weighted by Gasteiger charge is -1.99. The molecular formula is C5H7Cl3O. The second-order valence-electron chi connectivity index (χ2n) is 1.60. The second kappa shape index (κ2) is 5.33. The van der Waals surface area contributed by atoms with E-state index in [0.717, 1.165) is 6.42 Å². The van der Waals surface area contributed by atoms with Crippen LogP contribution >= 0.6 is 34.8 Å². The van der Waals surface area contributed by atoms with E-state index in [1.54, 1.807) is 0 Å². The zero-order chi connectivity index (χ0) is 7.28. The molecule has 0 radical (unpaired) electrons. The summed E-state index contributed by atoms with van der Waals surface area (Å²) in [4.78, 5) is 10.2. The fourth-order valence-electron chi connectivity index (χ4n) is 0.370. The molecule has 1 unspecified atom stereocenters. The molecule has 0 aliphatic rings. The van der Waals surface area contributed by atoms with E-state index in [1.165, 1.54) is 0 Å². The number of carbonyl (C=O) groups excluding carboxylic acids is 1. The fraction of sp³-hybridized carbons (Fsp3) is 0.800. The predicted molar refractivity (Wildman–Crippen MR) is 40.5 cm³/mol. The smallest absolute Gasteiger partial charge is 0.239 e. The summed E-state index contributed by atoms with van der Waals surface area (Å²) in [7, 11) is 0. The minimum Gasteiger partial charge on any atom is -0.280 e. The summed E-state index contributed by atoms with van der Waals surface area (Å²) in [5.74, 6) is 0.521. The Bertz CT molecular complexity index is 94.2. The molecule has 0 fully saturated rings. The zero-order valence-electron chi connectivity index (χ0n) is 4.74. The van der Waals surface area contributed by atoms with Crippen molar-refractivity contribution in [3.8, 4) is 0 Å². The summed E-state index contributed by atoms with van der Waals surface area (Å²) < 4.78 is 0. The first-order valence-corrected chi connectivity index (χ1v) is 3.92. The number of rotatable bonds is 4. The Morgan fingerprint density at radius 3 is 2.44 bits per heavy atom. The molecule has 4 heteroatoms. The molecule has 0 aromatic carbocycles. The molecule has 0 saturated carbocycles. The van der Waals surface area contributed by atoms with Gasteiger partial charge in [0, 0.05) is 5.88 Å². The summed E-state index contributed by atoms with van der Waals surface area (Å²) in [6, 6.07) is 0. The van der Waals surface area contributed by atoms with Gasteiger partial charge in [-0.2, -0.15) is 0 Å². The molecule has 0 aliphatic carbocycles. The number of alkyl halides is 2. The summed E-state index contributed by atoms with van der Waals surface area (Å²) in [5.41, 5.74) is 0. The minimum atomic E-state index is -0.564.